The molecule has 6 nitrogen and oxygen atoms in total. The number of carbonyl (C=O) groups is 3. The van der Waals surface area contributed by atoms with E-state index in [1.807, 2.05) is 0 Å². The van der Waals surface area contributed by atoms with Gasteiger partial charge in [-0.3, -0.25) is 14.4 Å². The van der Waals surface area contributed by atoms with Crippen LogP contribution in [0.5, 0.6) is 0 Å². The minimum absolute atomic E-state index is 0.0672. The first kappa shape index (κ1) is 75.6. The Morgan fingerprint density at radius 1 is 0.256 bits per heavy atom. The van der Waals surface area contributed by atoms with Crippen molar-refractivity contribution in [1.82, 2.24) is 0 Å². The van der Waals surface area contributed by atoms with Crippen LogP contribution in [-0.2, 0) is 28.6 Å². The molecule has 0 aliphatic carbocycles. The lowest BCUT2D eigenvalue weighted by Gasteiger charge is -2.18. The molecule has 78 heavy (non-hydrogen) atoms. The quantitative estimate of drug-likeness (QED) is 0.0261. The van der Waals surface area contributed by atoms with Crippen molar-refractivity contribution in [2.45, 2.75) is 393 Å². The van der Waals surface area contributed by atoms with Gasteiger partial charge in [0.1, 0.15) is 13.2 Å². The molecule has 1 unspecified atom stereocenters. The maximum Gasteiger partial charge on any atom is 0.306 e. The van der Waals surface area contributed by atoms with E-state index in [0.29, 0.717) is 19.3 Å². The highest BCUT2D eigenvalue weighted by molar-refractivity contribution is 5.71. The molecule has 0 aliphatic rings. The van der Waals surface area contributed by atoms with Crippen LogP contribution in [-0.4, -0.2) is 37.2 Å². The predicted molar refractivity (Wildman–Crippen MR) is 339 cm³/mol. The lowest BCUT2D eigenvalue weighted by atomic mass is 10.0. The molecule has 0 spiro atoms. The van der Waals surface area contributed by atoms with Crippen LogP contribution in [0.4, 0.5) is 0 Å². The van der Waals surface area contributed by atoms with Gasteiger partial charge in [0.15, 0.2) is 6.10 Å². The Kier molecular flexibility index (Phi) is 65.1. The number of allylic oxidation sites excluding steroid dienone is 6. The molecule has 458 valence electrons. The van der Waals surface area contributed by atoms with Crippen LogP contribution in [0.3, 0.4) is 0 Å². The second-order valence-electron chi connectivity index (χ2n) is 23.8. The van der Waals surface area contributed by atoms with Crippen LogP contribution >= 0.6 is 0 Å². The molecule has 0 rings (SSSR count). The number of rotatable bonds is 65. The smallest absolute Gasteiger partial charge is 0.306 e. The summed E-state index contributed by atoms with van der Waals surface area (Å²) in [7, 11) is 0. The minimum Gasteiger partial charge on any atom is -0.462 e. The van der Waals surface area contributed by atoms with E-state index in [0.717, 1.165) is 70.6 Å². The molecular weight excluding hydrogens is 961 g/mol. The summed E-state index contributed by atoms with van der Waals surface area (Å²) in [6.07, 6.45) is 83.6. The molecule has 0 aromatic carbocycles. The first-order valence-electron chi connectivity index (χ1n) is 35.0. The highest BCUT2D eigenvalue weighted by Gasteiger charge is 2.19. The number of unbranched alkanes of at least 4 members (excludes halogenated alkanes) is 48. The Bertz CT molecular complexity index is 1300. The Balaban J connectivity index is 3.99. The molecule has 0 bridgehead atoms. The van der Waals surface area contributed by atoms with Crippen LogP contribution < -0.4 is 0 Å². The maximum absolute atomic E-state index is 12.9. The first-order chi connectivity index (χ1) is 38.5. The highest BCUT2D eigenvalue weighted by Crippen LogP contribution is 2.19. The van der Waals surface area contributed by atoms with E-state index in [-0.39, 0.29) is 31.1 Å². The number of carbonyl (C=O) groups excluding carboxylic acids is 3. The lowest BCUT2D eigenvalue weighted by molar-refractivity contribution is -0.167. The molecule has 0 aromatic rings. The summed E-state index contributed by atoms with van der Waals surface area (Å²) in [5, 5.41) is 0. The van der Waals surface area contributed by atoms with Crippen molar-refractivity contribution in [2.24, 2.45) is 0 Å². The fourth-order valence-electron chi connectivity index (χ4n) is 10.6. The zero-order valence-electron chi connectivity index (χ0n) is 52.7. The molecule has 1 atom stereocenters. The minimum atomic E-state index is -0.767. The van der Waals surface area contributed by atoms with Gasteiger partial charge in [0, 0.05) is 19.3 Å². The Labute approximate surface area is 486 Å². The van der Waals surface area contributed by atoms with Gasteiger partial charge in [-0.1, -0.05) is 346 Å². The summed E-state index contributed by atoms with van der Waals surface area (Å²) in [6, 6.07) is 0. The first-order valence-corrected chi connectivity index (χ1v) is 35.0. The van der Waals surface area contributed by atoms with E-state index in [4.69, 9.17) is 14.2 Å². The largest absolute Gasteiger partial charge is 0.462 e. The van der Waals surface area contributed by atoms with E-state index >= 15 is 0 Å². The average molecular weight is 1100 g/mol. The third-order valence-electron chi connectivity index (χ3n) is 15.9. The van der Waals surface area contributed by atoms with Gasteiger partial charge in [-0.05, 0) is 57.8 Å². The highest BCUT2D eigenvalue weighted by atomic mass is 16.6. The van der Waals surface area contributed by atoms with Crippen molar-refractivity contribution < 1.29 is 28.6 Å². The van der Waals surface area contributed by atoms with Gasteiger partial charge < -0.3 is 14.2 Å². The Morgan fingerprint density at radius 2 is 0.462 bits per heavy atom. The number of esters is 3. The second kappa shape index (κ2) is 67.1. The third kappa shape index (κ3) is 64.5. The van der Waals surface area contributed by atoms with Gasteiger partial charge in [-0.2, -0.15) is 0 Å². The number of hydrogen-bond donors (Lipinski definition) is 0. The molecule has 0 N–H and O–H groups in total. The molecule has 0 amide bonds. The number of hydrogen-bond acceptors (Lipinski definition) is 6. The molecule has 0 heterocycles. The average Bonchev–Trinajstić information content (AvgIpc) is 3.44. The van der Waals surface area contributed by atoms with Crippen molar-refractivity contribution in [1.29, 1.82) is 0 Å². The summed E-state index contributed by atoms with van der Waals surface area (Å²) in [5.41, 5.74) is 0. The fraction of sp³-hybridized carbons (Fsp3) is 0.875. The van der Waals surface area contributed by atoms with Crippen LogP contribution in [0.15, 0.2) is 36.5 Å². The topological polar surface area (TPSA) is 78.9 Å². The molecule has 0 aliphatic heterocycles. The SMILES string of the molecule is CCCCCCC/C=C\C/C=C\C/C=C\CCCCCCCCCCCCCCCCC(=O)OCC(COC(=O)CCCCCCCC)OC(=O)CCCCCCCCCCCCCCCCCCCCCCCCCCC. The van der Waals surface area contributed by atoms with Gasteiger partial charge >= 0.3 is 17.9 Å². The predicted octanol–water partition coefficient (Wildman–Crippen LogP) is 23.9. The van der Waals surface area contributed by atoms with Crippen molar-refractivity contribution in [3.63, 3.8) is 0 Å². The molecule has 0 radical (unpaired) electrons. The van der Waals surface area contributed by atoms with Crippen LogP contribution in [0, 0.1) is 0 Å². The normalized spacial score (nSPS) is 12.2. The standard InChI is InChI=1S/C72H134O6/c1-4-7-10-13-16-18-20-22-24-26-28-30-32-34-35-36-37-39-40-42-44-46-48-50-52-54-56-59-62-65-71(74)77-68-69(67-76-70(73)64-61-58-15-12-9-6-3)78-72(75)66-63-60-57-55-53-51-49-47-45-43-41-38-33-31-29-27-25-23-21-19-17-14-11-8-5-2/h20,22,26,28,32,34,69H,4-19,21,23-25,27,29-31,33,35-68H2,1-3H3/b22-20-,28-26-,34-32-. The van der Waals surface area contributed by atoms with E-state index in [1.165, 1.54) is 276 Å². The molecule has 0 saturated heterocycles. The Hall–Kier alpha value is -2.37. The molecule has 0 saturated carbocycles. The van der Waals surface area contributed by atoms with Gasteiger partial charge in [0.05, 0.1) is 0 Å². The maximum atomic E-state index is 12.9. The van der Waals surface area contributed by atoms with Gasteiger partial charge in [-0.15, -0.1) is 0 Å². The fourth-order valence-corrected chi connectivity index (χ4v) is 10.6. The Morgan fingerprint density at radius 3 is 0.718 bits per heavy atom. The van der Waals surface area contributed by atoms with Gasteiger partial charge in [0.2, 0.25) is 0 Å². The second-order valence-corrected chi connectivity index (χ2v) is 23.8. The van der Waals surface area contributed by atoms with E-state index in [1.54, 1.807) is 0 Å². The third-order valence-corrected chi connectivity index (χ3v) is 15.9. The zero-order valence-corrected chi connectivity index (χ0v) is 52.7. The van der Waals surface area contributed by atoms with E-state index in [2.05, 4.69) is 57.2 Å². The van der Waals surface area contributed by atoms with E-state index < -0.39 is 6.10 Å². The molecule has 0 aromatic heterocycles. The molecular formula is C72H134O6. The van der Waals surface area contributed by atoms with Crippen LogP contribution in [0.1, 0.15) is 387 Å². The molecule has 6 heteroatoms. The summed E-state index contributed by atoms with van der Waals surface area (Å²) in [4.78, 5) is 38.1. The summed E-state index contributed by atoms with van der Waals surface area (Å²) >= 11 is 0. The summed E-state index contributed by atoms with van der Waals surface area (Å²) in [5.74, 6) is -0.851. The number of ether oxygens (including phenoxy) is 3. The zero-order chi connectivity index (χ0) is 56.4. The van der Waals surface area contributed by atoms with Crippen molar-refractivity contribution in [2.75, 3.05) is 13.2 Å². The monoisotopic (exact) mass is 1100 g/mol. The van der Waals surface area contributed by atoms with Gasteiger partial charge in [-0.25, -0.2) is 0 Å². The summed E-state index contributed by atoms with van der Waals surface area (Å²) < 4.78 is 16.9. The van der Waals surface area contributed by atoms with Gasteiger partial charge in [0.25, 0.3) is 0 Å². The summed E-state index contributed by atoms with van der Waals surface area (Å²) in [6.45, 7) is 6.64. The van der Waals surface area contributed by atoms with Crippen molar-refractivity contribution >= 4 is 17.9 Å². The van der Waals surface area contributed by atoms with Crippen LogP contribution in [0.2, 0.25) is 0 Å². The lowest BCUT2D eigenvalue weighted by Crippen LogP contribution is -2.30. The van der Waals surface area contributed by atoms with Crippen LogP contribution in [0.25, 0.3) is 0 Å². The van der Waals surface area contributed by atoms with Crippen molar-refractivity contribution in [3.05, 3.63) is 36.5 Å². The van der Waals surface area contributed by atoms with E-state index in [9.17, 15) is 14.4 Å². The van der Waals surface area contributed by atoms with Crippen molar-refractivity contribution in [3.8, 4) is 0 Å². The molecule has 0 fully saturated rings.